The van der Waals surface area contributed by atoms with Crippen molar-refractivity contribution in [3.05, 3.63) is 18.2 Å². The number of aryl methyl sites for hydroxylation is 1. The minimum Gasteiger partial charge on any atom is -0.340 e. The monoisotopic (exact) mass is 179 g/mol. The van der Waals surface area contributed by atoms with Crippen molar-refractivity contribution in [2.45, 2.75) is 19.8 Å². The van der Waals surface area contributed by atoms with Gasteiger partial charge in [-0.2, -0.15) is 0 Å². The largest absolute Gasteiger partial charge is 0.340 e. The van der Waals surface area contributed by atoms with E-state index in [-0.39, 0.29) is 0 Å². The Morgan fingerprint density at radius 2 is 2.31 bits per heavy atom. The molecule has 2 atom stereocenters. The van der Waals surface area contributed by atoms with Crippen LogP contribution in [0.15, 0.2) is 12.5 Å². The molecule has 2 rings (SSSR count). The van der Waals surface area contributed by atoms with Gasteiger partial charge < -0.3 is 10.3 Å². The number of imidazole rings is 1. The van der Waals surface area contributed by atoms with Gasteiger partial charge in [-0.25, -0.2) is 4.98 Å². The summed E-state index contributed by atoms with van der Waals surface area (Å²) in [6.07, 6.45) is 3.96. The lowest BCUT2D eigenvalue weighted by molar-refractivity contribution is 0.557. The Balaban J connectivity index is 2.21. The van der Waals surface area contributed by atoms with E-state index in [0.29, 0.717) is 17.3 Å². The fourth-order valence-corrected chi connectivity index (χ4v) is 2.36. The molecule has 72 valence electrons. The Labute approximate surface area is 79.0 Å². The number of nitrogens with zero attached hydrogens (tertiary/aromatic N) is 2. The average Bonchev–Trinajstić information content (AvgIpc) is 2.41. The highest BCUT2D eigenvalue weighted by Crippen LogP contribution is 2.63. The van der Waals surface area contributed by atoms with Crippen molar-refractivity contribution >= 4 is 0 Å². The zero-order chi connectivity index (χ0) is 9.64. The van der Waals surface area contributed by atoms with Crippen molar-refractivity contribution in [3.8, 4) is 0 Å². The Kier molecular flexibility index (Phi) is 1.74. The maximum atomic E-state index is 5.71. The molecule has 1 aromatic rings. The third-order valence-electron chi connectivity index (χ3n) is 3.35. The van der Waals surface area contributed by atoms with Crippen LogP contribution in [0.5, 0.6) is 0 Å². The van der Waals surface area contributed by atoms with Crippen molar-refractivity contribution in [1.82, 2.24) is 9.55 Å². The van der Waals surface area contributed by atoms with Crippen molar-refractivity contribution in [2.24, 2.45) is 24.1 Å². The summed E-state index contributed by atoms with van der Waals surface area (Å²) in [5.74, 6) is 1.18. The van der Waals surface area contributed by atoms with E-state index in [1.807, 2.05) is 17.9 Å². The van der Waals surface area contributed by atoms with Crippen LogP contribution in [-0.2, 0) is 7.05 Å². The minimum atomic E-state index is 0.350. The Morgan fingerprint density at radius 3 is 2.69 bits per heavy atom. The molecule has 0 spiro atoms. The minimum absolute atomic E-state index is 0.350. The van der Waals surface area contributed by atoms with Gasteiger partial charge in [-0.05, 0) is 17.9 Å². The summed E-state index contributed by atoms with van der Waals surface area (Å²) in [7, 11) is 2.00. The van der Waals surface area contributed by atoms with Crippen LogP contribution in [0.4, 0.5) is 0 Å². The van der Waals surface area contributed by atoms with Gasteiger partial charge in [0.25, 0.3) is 0 Å². The molecule has 13 heavy (non-hydrogen) atoms. The standard InChI is InChI=1S/C10H17N3/c1-10(2)7(4-11)9(10)8-5-13(3)6-12-8/h5-7,9H,4,11H2,1-3H3/t7-,9+/m1/s1. The van der Waals surface area contributed by atoms with E-state index in [2.05, 4.69) is 25.0 Å². The Hall–Kier alpha value is -0.830. The van der Waals surface area contributed by atoms with Gasteiger partial charge in [-0.1, -0.05) is 13.8 Å². The lowest BCUT2D eigenvalue weighted by Gasteiger charge is -1.98. The number of rotatable bonds is 2. The normalized spacial score (nSPS) is 30.5. The van der Waals surface area contributed by atoms with Gasteiger partial charge in [-0.3, -0.25) is 0 Å². The van der Waals surface area contributed by atoms with E-state index in [1.54, 1.807) is 0 Å². The van der Waals surface area contributed by atoms with E-state index in [1.165, 1.54) is 5.69 Å². The first-order valence-corrected chi connectivity index (χ1v) is 4.75. The van der Waals surface area contributed by atoms with Crippen molar-refractivity contribution in [2.75, 3.05) is 6.54 Å². The molecule has 0 amide bonds. The highest BCUT2D eigenvalue weighted by molar-refractivity contribution is 5.24. The molecular weight excluding hydrogens is 162 g/mol. The SMILES string of the molecule is Cn1cnc([C@@H]2[C@@H](CN)C2(C)C)c1. The maximum absolute atomic E-state index is 5.71. The first-order chi connectivity index (χ1) is 6.07. The summed E-state index contributed by atoms with van der Waals surface area (Å²) in [5, 5.41) is 0. The molecule has 0 bridgehead atoms. The molecule has 1 heterocycles. The second-order valence-electron chi connectivity index (χ2n) is 4.61. The molecule has 0 unspecified atom stereocenters. The third kappa shape index (κ3) is 1.18. The van der Waals surface area contributed by atoms with Crippen LogP contribution in [0, 0.1) is 11.3 Å². The summed E-state index contributed by atoms with van der Waals surface area (Å²) in [6, 6.07) is 0. The van der Waals surface area contributed by atoms with E-state index >= 15 is 0 Å². The topological polar surface area (TPSA) is 43.8 Å². The van der Waals surface area contributed by atoms with E-state index in [0.717, 1.165) is 6.54 Å². The summed E-state index contributed by atoms with van der Waals surface area (Å²) in [5.41, 5.74) is 7.26. The van der Waals surface area contributed by atoms with Gasteiger partial charge in [-0.15, -0.1) is 0 Å². The van der Waals surface area contributed by atoms with Crippen LogP contribution in [0.1, 0.15) is 25.5 Å². The number of hydrogen-bond donors (Lipinski definition) is 1. The summed E-state index contributed by atoms with van der Waals surface area (Å²) in [4.78, 5) is 4.38. The predicted molar refractivity (Wildman–Crippen MR) is 52.3 cm³/mol. The number of nitrogens with two attached hydrogens (primary N) is 1. The van der Waals surface area contributed by atoms with E-state index < -0.39 is 0 Å². The number of hydrogen-bond acceptors (Lipinski definition) is 2. The molecule has 1 aliphatic carbocycles. The summed E-state index contributed by atoms with van der Waals surface area (Å²) >= 11 is 0. The molecule has 3 nitrogen and oxygen atoms in total. The molecule has 1 aliphatic rings. The van der Waals surface area contributed by atoms with Crippen LogP contribution >= 0.6 is 0 Å². The fourth-order valence-electron chi connectivity index (χ4n) is 2.36. The van der Waals surface area contributed by atoms with E-state index in [9.17, 15) is 0 Å². The molecule has 2 N–H and O–H groups in total. The summed E-state index contributed by atoms with van der Waals surface area (Å²) < 4.78 is 2.00. The molecule has 1 saturated carbocycles. The second kappa shape index (κ2) is 2.58. The molecule has 0 aromatic carbocycles. The van der Waals surface area contributed by atoms with Crippen molar-refractivity contribution < 1.29 is 0 Å². The van der Waals surface area contributed by atoms with Gasteiger partial charge in [0.05, 0.1) is 12.0 Å². The second-order valence-corrected chi connectivity index (χ2v) is 4.61. The zero-order valence-electron chi connectivity index (χ0n) is 8.49. The van der Waals surface area contributed by atoms with Gasteiger partial charge in [0.1, 0.15) is 0 Å². The fraction of sp³-hybridized carbons (Fsp3) is 0.700. The molecule has 3 heteroatoms. The van der Waals surface area contributed by atoms with E-state index in [4.69, 9.17) is 5.73 Å². The number of aromatic nitrogens is 2. The van der Waals surface area contributed by atoms with Crippen molar-refractivity contribution in [3.63, 3.8) is 0 Å². The van der Waals surface area contributed by atoms with Crippen LogP contribution in [0.2, 0.25) is 0 Å². The molecule has 0 radical (unpaired) electrons. The molecule has 1 aromatic heterocycles. The maximum Gasteiger partial charge on any atom is 0.0946 e. The molecule has 0 aliphatic heterocycles. The van der Waals surface area contributed by atoms with Crippen LogP contribution < -0.4 is 5.73 Å². The lowest BCUT2D eigenvalue weighted by Crippen LogP contribution is -2.05. The highest BCUT2D eigenvalue weighted by Gasteiger charge is 2.58. The Morgan fingerprint density at radius 1 is 1.62 bits per heavy atom. The van der Waals surface area contributed by atoms with Crippen LogP contribution in [-0.4, -0.2) is 16.1 Å². The van der Waals surface area contributed by atoms with Crippen LogP contribution in [0.3, 0.4) is 0 Å². The van der Waals surface area contributed by atoms with Crippen molar-refractivity contribution in [1.29, 1.82) is 0 Å². The quantitative estimate of drug-likeness (QED) is 0.739. The molecule has 0 saturated heterocycles. The molecular formula is C10H17N3. The van der Waals surface area contributed by atoms with Gasteiger partial charge in [0, 0.05) is 19.2 Å². The summed E-state index contributed by atoms with van der Waals surface area (Å²) in [6.45, 7) is 5.31. The smallest absolute Gasteiger partial charge is 0.0946 e. The highest BCUT2D eigenvalue weighted by atomic mass is 15.0. The van der Waals surface area contributed by atoms with Gasteiger partial charge >= 0.3 is 0 Å². The first-order valence-electron chi connectivity index (χ1n) is 4.75. The lowest BCUT2D eigenvalue weighted by atomic mass is 10.1. The molecule has 1 fully saturated rings. The van der Waals surface area contributed by atoms with Gasteiger partial charge in [0.2, 0.25) is 0 Å². The predicted octanol–water partition coefficient (Wildman–Crippen LogP) is 1.12. The zero-order valence-corrected chi connectivity index (χ0v) is 8.49. The Bertz CT molecular complexity index is 314. The van der Waals surface area contributed by atoms with Crippen LogP contribution in [0.25, 0.3) is 0 Å². The third-order valence-corrected chi connectivity index (χ3v) is 3.35. The first kappa shape index (κ1) is 8.75. The van der Waals surface area contributed by atoms with Gasteiger partial charge in [0.15, 0.2) is 0 Å². The average molecular weight is 179 g/mol.